The third kappa shape index (κ3) is 4.74. The van der Waals surface area contributed by atoms with Gasteiger partial charge < -0.3 is 0 Å². The van der Waals surface area contributed by atoms with Gasteiger partial charge in [0.1, 0.15) is 0 Å². The van der Waals surface area contributed by atoms with E-state index >= 15 is 0 Å². The van der Waals surface area contributed by atoms with Gasteiger partial charge in [0.15, 0.2) is 0 Å². The summed E-state index contributed by atoms with van der Waals surface area (Å²) in [6.07, 6.45) is 3.44. The second-order valence-corrected chi connectivity index (χ2v) is 9.44. The van der Waals surface area contributed by atoms with Crippen molar-refractivity contribution in [3.8, 4) is 22.3 Å². The van der Waals surface area contributed by atoms with Gasteiger partial charge in [-0.25, -0.2) is 13.1 Å². The summed E-state index contributed by atoms with van der Waals surface area (Å²) in [7, 11) is -3.63. The molecule has 2 heterocycles. The molecular formula is C22H17ClN2O2S2. The minimum Gasteiger partial charge on any atom is -0.264 e. The first-order chi connectivity index (χ1) is 14.0. The molecule has 0 fully saturated rings. The predicted molar refractivity (Wildman–Crippen MR) is 118 cm³/mol. The normalized spacial score (nSPS) is 11.5. The van der Waals surface area contributed by atoms with E-state index in [-0.39, 0.29) is 11.4 Å². The highest BCUT2D eigenvalue weighted by molar-refractivity contribution is 7.89. The van der Waals surface area contributed by atoms with Crippen molar-refractivity contribution >= 4 is 33.0 Å². The third-order valence-electron chi connectivity index (χ3n) is 4.44. The summed E-state index contributed by atoms with van der Waals surface area (Å²) < 4.78 is 28.0. The van der Waals surface area contributed by atoms with Crippen LogP contribution in [-0.2, 0) is 16.6 Å². The molecule has 2 aromatic heterocycles. The molecule has 146 valence electrons. The van der Waals surface area contributed by atoms with E-state index < -0.39 is 10.0 Å². The van der Waals surface area contributed by atoms with Crippen LogP contribution in [0.25, 0.3) is 22.3 Å². The van der Waals surface area contributed by atoms with Gasteiger partial charge in [0.25, 0.3) is 0 Å². The van der Waals surface area contributed by atoms with Crippen LogP contribution in [0.5, 0.6) is 0 Å². The van der Waals surface area contributed by atoms with Crippen LogP contribution < -0.4 is 4.72 Å². The molecule has 0 amide bonds. The van der Waals surface area contributed by atoms with E-state index in [1.165, 1.54) is 0 Å². The van der Waals surface area contributed by atoms with E-state index in [4.69, 9.17) is 11.6 Å². The molecule has 0 spiro atoms. The van der Waals surface area contributed by atoms with E-state index in [0.29, 0.717) is 5.02 Å². The number of nitrogens with one attached hydrogen (secondary N) is 1. The topological polar surface area (TPSA) is 59.1 Å². The fourth-order valence-electron chi connectivity index (χ4n) is 2.93. The van der Waals surface area contributed by atoms with Crippen LogP contribution in [0.15, 0.2) is 88.7 Å². The number of aromatic nitrogens is 1. The third-order valence-corrected chi connectivity index (χ3v) is 6.77. The first kappa shape index (κ1) is 19.8. The molecule has 0 bridgehead atoms. The van der Waals surface area contributed by atoms with Crippen LogP contribution in [0.1, 0.15) is 5.56 Å². The van der Waals surface area contributed by atoms with Gasteiger partial charge in [0.2, 0.25) is 10.0 Å². The van der Waals surface area contributed by atoms with Gasteiger partial charge in [-0.15, -0.1) is 0 Å². The van der Waals surface area contributed by atoms with Gasteiger partial charge >= 0.3 is 0 Å². The number of pyridine rings is 1. The molecule has 0 saturated carbocycles. The SMILES string of the molecule is O=S(=O)(NCc1cncc(-c2ccsc2)c1)c1ccc(-c2cccc(Cl)c2)cc1. The highest BCUT2D eigenvalue weighted by Gasteiger charge is 2.14. The van der Waals surface area contributed by atoms with Gasteiger partial charge in [0.05, 0.1) is 4.90 Å². The Morgan fingerprint density at radius 1 is 0.897 bits per heavy atom. The summed E-state index contributed by atoms with van der Waals surface area (Å²) in [5.74, 6) is 0. The molecule has 0 aliphatic heterocycles. The molecule has 0 radical (unpaired) electrons. The van der Waals surface area contributed by atoms with Crippen LogP contribution in [0.3, 0.4) is 0 Å². The molecule has 4 aromatic rings. The lowest BCUT2D eigenvalue weighted by Gasteiger charge is -2.09. The highest BCUT2D eigenvalue weighted by atomic mass is 35.5. The number of halogens is 1. The maximum Gasteiger partial charge on any atom is 0.240 e. The number of thiophene rings is 1. The van der Waals surface area contributed by atoms with Gasteiger partial charge in [0, 0.05) is 29.5 Å². The maximum atomic E-state index is 12.7. The molecule has 0 aliphatic rings. The van der Waals surface area contributed by atoms with Crippen molar-refractivity contribution in [2.75, 3.05) is 0 Å². The second kappa shape index (κ2) is 8.47. The van der Waals surface area contributed by atoms with E-state index in [1.54, 1.807) is 54.1 Å². The summed E-state index contributed by atoms with van der Waals surface area (Å²) in [6, 6.07) is 18.1. The van der Waals surface area contributed by atoms with Gasteiger partial charge in [-0.3, -0.25) is 4.98 Å². The van der Waals surface area contributed by atoms with E-state index in [9.17, 15) is 8.42 Å². The van der Waals surface area contributed by atoms with E-state index in [0.717, 1.165) is 27.8 Å². The van der Waals surface area contributed by atoms with Gasteiger partial charge in [-0.05, 0) is 69.4 Å². The number of nitrogens with zero attached hydrogens (tertiary/aromatic N) is 1. The molecule has 2 aromatic carbocycles. The van der Waals surface area contributed by atoms with Gasteiger partial charge in [-0.2, -0.15) is 11.3 Å². The Morgan fingerprint density at radius 2 is 1.72 bits per heavy atom. The fourth-order valence-corrected chi connectivity index (χ4v) is 4.80. The number of sulfonamides is 1. The van der Waals surface area contributed by atoms with Crippen molar-refractivity contribution < 1.29 is 8.42 Å². The van der Waals surface area contributed by atoms with Crippen molar-refractivity contribution in [1.82, 2.24) is 9.71 Å². The average molecular weight is 441 g/mol. The Kier molecular flexibility index (Phi) is 5.78. The molecule has 0 atom stereocenters. The summed E-state index contributed by atoms with van der Waals surface area (Å²) >= 11 is 7.64. The van der Waals surface area contributed by atoms with Crippen LogP contribution >= 0.6 is 22.9 Å². The first-order valence-electron chi connectivity index (χ1n) is 8.83. The lowest BCUT2D eigenvalue weighted by molar-refractivity contribution is 0.581. The summed E-state index contributed by atoms with van der Waals surface area (Å²) in [6.45, 7) is 0.170. The molecule has 4 nitrogen and oxygen atoms in total. The first-order valence-corrected chi connectivity index (χ1v) is 11.6. The van der Waals surface area contributed by atoms with Crippen LogP contribution in [0, 0.1) is 0 Å². The standard InChI is InChI=1S/C22H17ClN2O2S2/c23-21-3-1-2-18(11-21)17-4-6-22(7-5-17)29(26,27)25-13-16-10-20(14-24-12-16)19-8-9-28-15-19/h1-12,14-15,25H,13H2. The molecule has 29 heavy (non-hydrogen) atoms. The zero-order valence-electron chi connectivity index (χ0n) is 15.2. The summed E-state index contributed by atoms with van der Waals surface area (Å²) in [4.78, 5) is 4.44. The molecular weight excluding hydrogens is 424 g/mol. The van der Waals surface area contributed by atoms with Gasteiger partial charge in [-0.1, -0.05) is 35.9 Å². The largest absolute Gasteiger partial charge is 0.264 e. The van der Waals surface area contributed by atoms with Crippen LogP contribution in [-0.4, -0.2) is 13.4 Å². The van der Waals surface area contributed by atoms with Crippen molar-refractivity contribution in [2.45, 2.75) is 11.4 Å². The van der Waals surface area contributed by atoms with Crippen molar-refractivity contribution in [2.24, 2.45) is 0 Å². The highest BCUT2D eigenvalue weighted by Crippen LogP contribution is 2.25. The minimum absolute atomic E-state index is 0.170. The van der Waals surface area contributed by atoms with E-state index in [1.807, 2.05) is 41.1 Å². The fraction of sp³-hybridized carbons (Fsp3) is 0.0455. The van der Waals surface area contributed by atoms with E-state index in [2.05, 4.69) is 9.71 Å². The van der Waals surface area contributed by atoms with Crippen LogP contribution in [0.2, 0.25) is 5.02 Å². The van der Waals surface area contributed by atoms with Crippen molar-refractivity contribution in [3.63, 3.8) is 0 Å². The molecule has 0 unspecified atom stereocenters. The summed E-state index contributed by atoms with van der Waals surface area (Å²) in [5.41, 5.74) is 4.68. The molecule has 0 aliphatic carbocycles. The smallest absolute Gasteiger partial charge is 0.240 e. The number of hydrogen-bond donors (Lipinski definition) is 1. The number of hydrogen-bond acceptors (Lipinski definition) is 4. The summed E-state index contributed by atoms with van der Waals surface area (Å²) in [5, 5.41) is 4.67. The predicted octanol–water partition coefficient (Wildman–Crippen LogP) is 5.61. The molecule has 0 saturated heterocycles. The Balaban J connectivity index is 1.48. The number of benzene rings is 2. The Hall–Kier alpha value is -2.51. The molecule has 4 rings (SSSR count). The lowest BCUT2D eigenvalue weighted by Crippen LogP contribution is -2.23. The molecule has 1 N–H and O–H groups in total. The molecule has 7 heteroatoms. The lowest BCUT2D eigenvalue weighted by atomic mass is 10.1. The van der Waals surface area contributed by atoms with Crippen LogP contribution in [0.4, 0.5) is 0 Å². The quantitative estimate of drug-likeness (QED) is 0.424. The Labute approximate surface area is 178 Å². The Morgan fingerprint density at radius 3 is 2.45 bits per heavy atom. The monoisotopic (exact) mass is 440 g/mol. The average Bonchev–Trinajstić information content (AvgIpc) is 3.28. The zero-order chi connectivity index (χ0) is 20.3. The second-order valence-electron chi connectivity index (χ2n) is 6.45. The maximum absolute atomic E-state index is 12.7. The Bertz CT molecular complexity index is 1220. The number of rotatable bonds is 6. The van der Waals surface area contributed by atoms with Crippen molar-refractivity contribution in [1.29, 1.82) is 0 Å². The van der Waals surface area contributed by atoms with Crippen molar-refractivity contribution in [3.05, 3.63) is 94.4 Å². The zero-order valence-corrected chi connectivity index (χ0v) is 17.6. The minimum atomic E-state index is -3.63.